The Kier molecular flexibility index (Phi) is 2.78. The molecule has 0 bridgehead atoms. The fraction of sp³-hybridized carbons (Fsp3) is 0.385. The first kappa shape index (κ1) is 9.86. The Morgan fingerprint density at radius 3 is 2.08 bits per heavy atom. The Labute approximate surface area is 81.0 Å². The maximum Gasteiger partial charge on any atom is 0.0506 e. The van der Waals surface area contributed by atoms with Crippen LogP contribution in [-0.4, -0.2) is 0 Å². The summed E-state index contributed by atoms with van der Waals surface area (Å²) in [5, 5.41) is 0. The fourth-order valence-corrected chi connectivity index (χ4v) is 1.35. The van der Waals surface area contributed by atoms with E-state index in [1.807, 2.05) is 6.92 Å². The molecular formula is C13H16. The lowest BCUT2D eigenvalue weighted by Crippen LogP contribution is -2.13. The molecule has 0 aliphatic carbocycles. The van der Waals surface area contributed by atoms with E-state index in [1.54, 1.807) is 0 Å². The van der Waals surface area contributed by atoms with E-state index >= 15 is 0 Å². The Balaban J connectivity index is 3.05. The summed E-state index contributed by atoms with van der Waals surface area (Å²) in [7, 11) is 0. The minimum atomic E-state index is -0.0253. The highest BCUT2D eigenvalue weighted by atomic mass is 14.2. The standard InChI is InChI=1S/C13H16/c1-5-10-13(3,4)12-8-6-11(2)7-9-12/h6-9H,1-4H3. The van der Waals surface area contributed by atoms with Crippen LogP contribution >= 0.6 is 0 Å². The second-order valence-corrected chi connectivity index (χ2v) is 3.87. The van der Waals surface area contributed by atoms with E-state index < -0.39 is 0 Å². The molecule has 0 aromatic heterocycles. The summed E-state index contributed by atoms with van der Waals surface area (Å²) in [5.74, 6) is 6.18. The van der Waals surface area contributed by atoms with Crippen LogP contribution in [0.5, 0.6) is 0 Å². The van der Waals surface area contributed by atoms with Crippen molar-refractivity contribution in [3.05, 3.63) is 35.4 Å². The molecule has 0 heterocycles. The van der Waals surface area contributed by atoms with Crippen molar-refractivity contribution in [3.63, 3.8) is 0 Å². The van der Waals surface area contributed by atoms with Crippen molar-refractivity contribution in [1.29, 1.82) is 0 Å². The molecular weight excluding hydrogens is 156 g/mol. The molecule has 0 aliphatic heterocycles. The highest BCUT2D eigenvalue weighted by Gasteiger charge is 2.16. The van der Waals surface area contributed by atoms with Gasteiger partial charge in [0, 0.05) is 0 Å². The average molecular weight is 172 g/mol. The van der Waals surface area contributed by atoms with Crippen LogP contribution < -0.4 is 0 Å². The molecule has 0 atom stereocenters. The minimum Gasteiger partial charge on any atom is -0.106 e. The van der Waals surface area contributed by atoms with Crippen LogP contribution in [0.3, 0.4) is 0 Å². The third kappa shape index (κ3) is 2.36. The van der Waals surface area contributed by atoms with Gasteiger partial charge in [0.1, 0.15) is 0 Å². The second-order valence-electron chi connectivity index (χ2n) is 3.87. The zero-order valence-electron chi connectivity index (χ0n) is 8.81. The summed E-state index contributed by atoms with van der Waals surface area (Å²) in [4.78, 5) is 0. The zero-order valence-corrected chi connectivity index (χ0v) is 8.81. The van der Waals surface area contributed by atoms with E-state index in [2.05, 4.69) is 56.9 Å². The second kappa shape index (κ2) is 3.66. The molecule has 0 aliphatic rings. The minimum absolute atomic E-state index is 0.0253. The predicted molar refractivity (Wildman–Crippen MR) is 57.7 cm³/mol. The van der Waals surface area contributed by atoms with E-state index in [0.29, 0.717) is 0 Å². The van der Waals surface area contributed by atoms with Gasteiger partial charge in [-0.1, -0.05) is 35.7 Å². The lowest BCUT2D eigenvalue weighted by molar-refractivity contribution is 0.698. The molecule has 13 heavy (non-hydrogen) atoms. The summed E-state index contributed by atoms with van der Waals surface area (Å²) < 4.78 is 0. The van der Waals surface area contributed by atoms with Crippen LogP contribution in [-0.2, 0) is 5.41 Å². The van der Waals surface area contributed by atoms with Crippen LogP contribution in [0.4, 0.5) is 0 Å². The van der Waals surface area contributed by atoms with Gasteiger partial charge in [-0.2, -0.15) is 0 Å². The van der Waals surface area contributed by atoms with Crippen molar-refractivity contribution in [2.24, 2.45) is 0 Å². The topological polar surface area (TPSA) is 0 Å². The van der Waals surface area contributed by atoms with E-state index in [9.17, 15) is 0 Å². The number of hydrogen-bond donors (Lipinski definition) is 0. The number of benzene rings is 1. The number of hydrogen-bond acceptors (Lipinski definition) is 0. The molecule has 0 saturated carbocycles. The van der Waals surface area contributed by atoms with Gasteiger partial charge in [0.05, 0.1) is 5.41 Å². The molecule has 0 radical (unpaired) electrons. The smallest absolute Gasteiger partial charge is 0.0506 e. The van der Waals surface area contributed by atoms with Crippen molar-refractivity contribution in [1.82, 2.24) is 0 Å². The van der Waals surface area contributed by atoms with Crippen molar-refractivity contribution in [2.75, 3.05) is 0 Å². The Hall–Kier alpha value is -1.22. The molecule has 0 fully saturated rings. The first-order chi connectivity index (χ1) is 6.06. The van der Waals surface area contributed by atoms with E-state index in [1.165, 1.54) is 11.1 Å². The van der Waals surface area contributed by atoms with Crippen LogP contribution in [0.15, 0.2) is 24.3 Å². The lowest BCUT2D eigenvalue weighted by atomic mass is 9.85. The van der Waals surface area contributed by atoms with Gasteiger partial charge in [0.15, 0.2) is 0 Å². The van der Waals surface area contributed by atoms with E-state index in [-0.39, 0.29) is 5.41 Å². The van der Waals surface area contributed by atoms with Crippen molar-refractivity contribution < 1.29 is 0 Å². The third-order valence-electron chi connectivity index (χ3n) is 2.21. The zero-order chi connectivity index (χ0) is 9.90. The monoisotopic (exact) mass is 172 g/mol. The molecule has 0 heteroatoms. The molecule has 1 rings (SSSR count). The normalized spacial score (nSPS) is 10.5. The SMILES string of the molecule is CC#CC(C)(C)c1ccc(C)cc1. The van der Waals surface area contributed by atoms with Crippen LogP contribution in [0.2, 0.25) is 0 Å². The van der Waals surface area contributed by atoms with Crippen LogP contribution in [0.25, 0.3) is 0 Å². The van der Waals surface area contributed by atoms with Crippen LogP contribution in [0.1, 0.15) is 31.9 Å². The van der Waals surface area contributed by atoms with Gasteiger partial charge in [-0.3, -0.25) is 0 Å². The van der Waals surface area contributed by atoms with Gasteiger partial charge >= 0.3 is 0 Å². The first-order valence-electron chi connectivity index (χ1n) is 4.57. The molecule has 0 amide bonds. The molecule has 1 aromatic carbocycles. The largest absolute Gasteiger partial charge is 0.106 e. The third-order valence-corrected chi connectivity index (χ3v) is 2.21. The van der Waals surface area contributed by atoms with Gasteiger partial charge in [-0.15, -0.1) is 5.92 Å². The molecule has 68 valence electrons. The number of aryl methyl sites for hydroxylation is 1. The number of rotatable bonds is 1. The van der Waals surface area contributed by atoms with Gasteiger partial charge in [0.25, 0.3) is 0 Å². The van der Waals surface area contributed by atoms with Gasteiger partial charge in [-0.25, -0.2) is 0 Å². The maximum atomic E-state index is 3.21. The Morgan fingerprint density at radius 1 is 1.08 bits per heavy atom. The Bertz CT molecular complexity index is 331. The molecule has 0 unspecified atom stereocenters. The molecule has 0 N–H and O–H groups in total. The van der Waals surface area contributed by atoms with E-state index in [0.717, 1.165) is 0 Å². The highest BCUT2D eigenvalue weighted by Crippen LogP contribution is 2.22. The van der Waals surface area contributed by atoms with Crippen molar-refractivity contribution >= 4 is 0 Å². The van der Waals surface area contributed by atoms with Gasteiger partial charge in [-0.05, 0) is 33.3 Å². The van der Waals surface area contributed by atoms with E-state index in [4.69, 9.17) is 0 Å². The van der Waals surface area contributed by atoms with Crippen molar-refractivity contribution in [3.8, 4) is 11.8 Å². The molecule has 0 spiro atoms. The lowest BCUT2D eigenvalue weighted by Gasteiger charge is -2.18. The first-order valence-corrected chi connectivity index (χ1v) is 4.57. The molecule has 1 aromatic rings. The van der Waals surface area contributed by atoms with Gasteiger partial charge in [0.2, 0.25) is 0 Å². The highest BCUT2D eigenvalue weighted by molar-refractivity contribution is 5.34. The van der Waals surface area contributed by atoms with Crippen molar-refractivity contribution in [2.45, 2.75) is 33.1 Å². The average Bonchev–Trinajstić information content (AvgIpc) is 2.05. The summed E-state index contributed by atoms with van der Waals surface area (Å²) in [6.07, 6.45) is 0. The summed E-state index contributed by atoms with van der Waals surface area (Å²) in [6, 6.07) is 8.57. The van der Waals surface area contributed by atoms with Crippen LogP contribution in [0, 0.1) is 18.8 Å². The Morgan fingerprint density at radius 2 is 1.62 bits per heavy atom. The molecule has 0 nitrogen and oxygen atoms in total. The summed E-state index contributed by atoms with van der Waals surface area (Å²) in [5.41, 5.74) is 2.55. The summed E-state index contributed by atoms with van der Waals surface area (Å²) in [6.45, 7) is 8.28. The molecule has 0 saturated heterocycles. The maximum absolute atomic E-state index is 3.21. The quantitative estimate of drug-likeness (QED) is 0.570. The fourth-order valence-electron chi connectivity index (χ4n) is 1.35. The predicted octanol–water partition coefficient (Wildman–Crippen LogP) is 3.30. The van der Waals surface area contributed by atoms with Gasteiger partial charge < -0.3 is 0 Å². The summed E-state index contributed by atoms with van der Waals surface area (Å²) >= 11 is 0.